The summed E-state index contributed by atoms with van der Waals surface area (Å²) in [5, 5.41) is 5.94. The van der Waals surface area contributed by atoms with Crippen molar-refractivity contribution in [2.75, 3.05) is 7.05 Å². The van der Waals surface area contributed by atoms with E-state index in [0.29, 0.717) is 27.7 Å². The van der Waals surface area contributed by atoms with Crippen molar-refractivity contribution in [3.8, 4) is 5.69 Å². The predicted octanol–water partition coefficient (Wildman–Crippen LogP) is 1.88. The number of amides is 1. The largest absolute Gasteiger partial charge is 0.355 e. The molecule has 23 heavy (non-hydrogen) atoms. The van der Waals surface area contributed by atoms with E-state index in [0.717, 1.165) is 0 Å². The molecule has 0 radical (unpaired) electrons. The van der Waals surface area contributed by atoms with Crippen LogP contribution in [0.5, 0.6) is 0 Å². The van der Waals surface area contributed by atoms with E-state index in [2.05, 4.69) is 10.4 Å². The zero-order valence-corrected chi connectivity index (χ0v) is 12.7. The number of aromatic amines is 1. The number of aromatic nitrogens is 2. The molecule has 3 aromatic rings. The highest BCUT2D eigenvalue weighted by Gasteiger charge is 2.12. The fourth-order valence-electron chi connectivity index (χ4n) is 2.44. The monoisotopic (exact) mass is 309 g/mol. The van der Waals surface area contributed by atoms with Gasteiger partial charge in [-0.3, -0.25) is 19.5 Å². The predicted molar refractivity (Wildman–Crippen MR) is 87.3 cm³/mol. The number of fused-ring (bicyclic) bond motifs is 1. The van der Waals surface area contributed by atoms with Crippen LogP contribution in [0.2, 0.25) is 0 Å². The first-order valence-corrected chi connectivity index (χ1v) is 7.09. The highest BCUT2D eigenvalue weighted by Crippen LogP contribution is 2.14. The summed E-state index contributed by atoms with van der Waals surface area (Å²) in [6, 6.07) is 11.7. The topological polar surface area (TPSA) is 84.0 Å². The van der Waals surface area contributed by atoms with Crippen LogP contribution in [-0.4, -0.2) is 28.5 Å². The second-order valence-electron chi connectivity index (χ2n) is 5.20. The lowest BCUT2D eigenvalue weighted by molar-refractivity contribution is 0.0962. The molecule has 0 unspecified atom stereocenters. The number of benzene rings is 2. The summed E-state index contributed by atoms with van der Waals surface area (Å²) in [5.41, 5.74) is 1.86. The molecule has 0 bridgehead atoms. The van der Waals surface area contributed by atoms with Gasteiger partial charge >= 0.3 is 0 Å². The lowest BCUT2D eigenvalue weighted by Crippen LogP contribution is -2.18. The van der Waals surface area contributed by atoms with Crippen molar-refractivity contribution in [2.24, 2.45) is 0 Å². The third-order valence-corrected chi connectivity index (χ3v) is 3.69. The first-order chi connectivity index (χ1) is 11.0. The number of carbonyl (C=O) groups is 2. The van der Waals surface area contributed by atoms with E-state index in [1.807, 2.05) is 0 Å². The minimum Gasteiger partial charge on any atom is -0.355 e. The van der Waals surface area contributed by atoms with Crippen LogP contribution in [0, 0.1) is 0 Å². The Balaban J connectivity index is 2.18. The minimum atomic E-state index is -0.272. The maximum atomic E-state index is 12.6. The summed E-state index contributed by atoms with van der Waals surface area (Å²) in [5.74, 6) is -0.324. The van der Waals surface area contributed by atoms with Crippen molar-refractivity contribution < 1.29 is 9.59 Å². The van der Waals surface area contributed by atoms with E-state index in [1.165, 1.54) is 18.7 Å². The number of nitrogens with one attached hydrogen (secondary N) is 2. The van der Waals surface area contributed by atoms with Crippen molar-refractivity contribution in [3.63, 3.8) is 0 Å². The molecule has 0 saturated carbocycles. The third kappa shape index (κ3) is 2.55. The van der Waals surface area contributed by atoms with Crippen LogP contribution in [0.3, 0.4) is 0 Å². The van der Waals surface area contributed by atoms with Gasteiger partial charge in [0, 0.05) is 18.2 Å². The second kappa shape index (κ2) is 5.57. The van der Waals surface area contributed by atoms with Crippen LogP contribution in [0.15, 0.2) is 47.3 Å². The second-order valence-corrected chi connectivity index (χ2v) is 5.20. The standard InChI is InChI=1S/C17H15N3O3/c1-10(21)11-4-3-5-13(8-11)20-17(23)14-9-12(16(22)18-2)6-7-15(14)19-20/h3-9,19H,1-2H3,(H,18,22). The number of carbonyl (C=O) groups excluding carboxylic acids is 2. The molecule has 0 aliphatic carbocycles. The van der Waals surface area contributed by atoms with Gasteiger partial charge in [0.05, 0.1) is 16.6 Å². The third-order valence-electron chi connectivity index (χ3n) is 3.69. The SMILES string of the molecule is CNC(=O)c1ccc2[nH]n(-c3cccc(C(C)=O)c3)c(=O)c2c1. The molecule has 6 nitrogen and oxygen atoms in total. The van der Waals surface area contributed by atoms with E-state index in [-0.39, 0.29) is 17.2 Å². The molecule has 2 aromatic carbocycles. The normalized spacial score (nSPS) is 10.7. The van der Waals surface area contributed by atoms with Gasteiger partial charge < -0.3 is 5.32 Å². The van der Waals surface area contributed by atoms with Crippen molar-refractivity contribution >= 4 is 22.6 Å². The number of hydrogen-bond acceptors (Lipinski definition) is 3. The number of hydrogen-bond donors (Lipinski definition) is 2. The molecule has 0 aliphatic heterocycles. The van der Waals surface area contributed by atoms with E-state index in [9.17, 15) is 14.4 Å². The van der Waals surface area contributed by atoms with Crippen molar-refractivity contribution in [3.05, 3.63) is 63.9 Å². The minimum absolute atomic E-state index is 0.0714. The van der Waals surface area contributed by atoms with E-state index in [1.54, 1.807) is 42.5 Å². The van der Waals surface area contributed by atoms with Crippen molar-refractivity contribution in [2.45, 2.75) is 6.92 Å². The molecular formula is C17H15N3O3. The highest BCUT2D eigenvalue weighted by molar-refractivity contribution is 5.97. The van der Waals surface area contributed by atoms with E-state index < -0.39 is 0 Å². The van der Waals surface area contributed by atoms with Gasteiger partial charge in [0.15, 0.2) is 5.78 Å². The summed E-state index contributed by atoms with van der Waals surface area (Å²) >= 11 is 0. The maximum Gasteiger partial charge on any atom is 0.279 e. The number of H-pyrrole nitrogens is 1. The molecule has 3 rings (SSSR count). The zero-order valence-electron chi connectivity index (χ0n) is 12.7. The van der Waals surface area contributed by atoms with Crippen LogP contribution >= 0.6 is 0 Å². The Morgan fingerprint density at radius 1 is 1.09 bits per heavy atom. The Kier molecular flexibility index (Phi) is 3.57. The van der Waals surface area contributed by atoms with Crippen LogP contribution in [0.4, 0.5) is 0 Å². The van der Waals surface area contributed by atoms with E-state index >= 15 is 0 Å². The Morgan fingerprint density at radius 3 is 2.57 bits per heavy atom. The molecule has 1 heterocycles. The molecule has 0 spiro atoms. The summed E-state index contributed by atoms with van der Waals surface area (Å²) in [6.45, 7) is 1.47. The molecule has 6 heteroatoms. The van der Waals surface area contributed by atoms with Crippen molar-refractivity contribution in [1.82, 2.24) is 15.1 Å². The number of ketones is 1. The molecule has 0 saturated heterocycles. The lowest BCUT2D eigenvalue weighted by Gasteiger charge is -2.02. The lowest BCUT2D eigenvalue weighted by atomic mass is 10.1. The van der Waals surface area contributed by atoms with Crippen LogP contribution in [0.25, 0.3) is 16.6 Å². The molecular weight excluding hydrogens is 294 g/mol. The molecule has 0 fully saturated rings. The Bertz CT molecular complexity index is 982. The quantitative estimate of drug-likeness (QED) is 0.725. The van der Waals surface area contributed by atoms with Gasteiger partial charge in [-0.15, -0.1) is 0 Å². The first-order valence-electron chi connectivity index (χ1n) is 7.09. The zero-order chi connectivity index (χ0) is 16.6. The average Bonchev–Trinajstić information content (AvgIpc) is 2.90. The van der Waals surface area contributed by atoms with Crippen molar-refractivity contribution in [1.29, 1.82) is 0 Å². The van der Waals surface area contributed by atoms with Crippen LogP contribution in [-0.2, 0) is 0 Å². The van der Waals surface area contributed by atoms with Gasteiger partial charge in [-0.05, 0) is 37.3 Å². The molecule has 1 aromatic heterocycles. The fraction of sp³-hybridized carbons (Fsp3) is 0.118. The van der Waals surface area contributed by atoms with Gasteiger partial charge in [-0.25, -0.2) is 4.68 Å². The molecule has 116 valence electrons. The molecule has 2 N–H and O–H groups in total. The molecule has 0 aliphatic rings. The Morgan fingerprint density at radius 2 is 1.87 bits per heavy atom. The number of nitrogens with zero attached hydrogens (tertiary/aromatic N) is 1. The van der Waals surface area contributed by atoms with Gasteiger partial charge in [0.25, 0.3) is 11.5 Å². The summed E-state index contributed by atoms with van der Waals surface area (Å²) in [7, 11) is 1.54. The summed E-state index contributed by atoms with van der Waals surface area (Å²) in [6.07, 6.45) is 0. The summed E-state index contributed by atoms with van der Waals surface area (Å²) in [4.78, 5) is 35.8. The highest BCUT2D eigenvalue weighted by atomic mass is 16.2. The van der Waals surface area contributed by atoms with Gasteiger partial charge in [0.2, 0.25) is 0 Å². The van der Waals surface area contributed by atoms with Gasteiger partial charge in [-0.2, -0.15) is 0 Å². The smallest absolute Gasteiger partial charge is 0.279 e. The Hall–Kier alpha value is -3.15. The maximum absolute atomic E-state index is 12.6. The number of rotatable bonds is 3. The van der Waals surface area contributed by atoms with Gasteiger partial charge in [-0.1, -0.05) is 12.1 Å². The van der Waals surface area contributed by atoms with Gasteiger partial charge in [0.1, 0.15) is 0 Å². The van der Waals surface area contributed by atoms with Crippen LogP contribution in [0.1, 0.15) is 27.6 Å². The number of Topliss-reactive ketones (excluding diaryl/α,β-unsaturated/α-hetero) is 1. The Labute approximate surface area is 131 Å². The first kappa shape index (κ1) is 14.8. The summed E-state index contributed by atoms with van der Waals surface area (Å²) < 4.78 is 1.37. The van der Waals surface area contributed by atoms with Crippen LogP contribution < -0.4 is 10.9 Å². The molecule has 0 atom stereocenters. The average molecular weight is 309 g/mol. The molecule has 1 amide bonds. The van der Waals surface area contributed by atoms with E-state index in [4.69, 9.17) is 0 Å². The fourth-order valence-corrected chi connectivity index (χ4v) is 2.44.